The van der Waals surface area contributed by atoms with Gasteiger partial charge in [0.1, 0.15) is 0 Å². The van der Waals surface area contributed by atoms with E-state index in [2.05, 4.69) is 0 Å². The summed E-state index contributed by atoms with van der Waals surface area (Å²) in [4.78, 5) is 0. The minimum atomic E-state index is -5.75. The van der Waals surface area contributed by atoms with Crippen molar-refractivity contribution in [2.75, 3.05) is 0 Å². The summed E-state index contributed by atoms with van der Waals surface area (Å²) in [6.45, 7) is 0. The summed E-state index contributed by atoms with van der Waals surface area (Å²) in [5, 5.41) is 0. The van der Waals surface area contributed by atoms with Gasteiger partial charge in [0.25, 0.3) is 0 Å². The van der Waals surface area contributed by atoms with Gasteiger partial charge in [0.05, 0.1) is 0 Å². The molecule has 68 valence electrons. The van der Waals surface area contributed by atoms with Gasteiger partial charge in [-0.15, -0.1) is 0 Å². The third-order valence-electron chi connectivity index (χ3n) is 0. The van der Waals surface area contributed by atoms with Crippen LogP contribution in [0.5, 0.6) is 0 Å². The van der Waals surface area contributed by atoms with Crippen LogP contribution in [0, 0.1) is 0 Å². The molecular formula is O8Se3Zn. The summed E-state index contributed by atoms with van der Waals surface area (Å²) in [6, 6.07) is 0. The summed E-state index contributed by atoms with van der Waals surface area (Å²) in [5.41, 5.74) is 0. The Balaban J connectivity index is -0.0000000457. The van der Waals surface area contributed by atoms with E-state index in [0.29, 0.717) is 0 Å². The zero-order chi connectivity index (χ0) is 9.00. The van der Waals surface area contributed by atoms with Gasteiger partial charge in [0.15, 0.2) is 0 Å². The fraction of sp³-hybridized carbons (Fsp3) is 0. The second kappa shape index (κ2) is 8.80. The van der Waals surface area contributed by atoms with Crippen LogP contribution in [0.15, 0.2) is 0 Å². The quantitative estimate of drug-likeness (QED) is 0.343. The third-order valence-corrected chi connectivity index (χ3v) is 0. The molecule has 0 N–H and O–H groups in total. The van der Waals surface area contributed by atoms with Crippen LogP contribution in [0.1, 0.15) is 0 Å². The summed E-state index contributed by atoms with van der Waals surface area (Å²) in [5.74, 6) is 0. The first kappa shape index (κ1) is 23.2. The molecule has 0 aromatic rings. The minimum Gasteiger partial charge on any atom is 2.00 e. The second-order valence-corrected chi connectivity index (χ2v) is 4.24. The van der Waals surface area contributed by atoms with Crippen molar-refractivity contribution in [2.24, 2.45) is 0 Å². The Labute approximate surface area is 94.8 Å². The summed E-state index contributed by atoms with van der Waals surface area (Å²) in [6.07, 6.45) is 0. The number of hydrogen-bond donors (Lipinski definition) is 0. The van der Waals surface area contributed by atoms with Gasteiger partial charge in [-0.3, -0.25) is 0 Å². The maximum absolute atomic E-state index is 8.59. The Kier molecular flexibility index (Phi) is 17.0. The van der Waals surface area contributed by atoms with E-state index in [4.69, 9.17) is 32.1 Å². The Morgan fingerprint density at radius 3 is 0.667 bits per heavy atom. The summed E-state index contributed by atoms with van der Waals surface area (Å²) >= 11 is -11.5. The molecule has 0 rings (SSSR count). The van der Waals surface area contributed by atoms with E-state index in [-0.39, 0.29) is 36.5 Å². The van der Waals surface area contributed by atoms with Crippen LogP contribution in [0.2, 0.25) is 0 Å². The topological polar surface area (TPSA) is 161 Å². The monoisotopic (exact) mass is 432 g/mol. The number of rotatable bonds is 0. The fourth-order valence-corrected chi connectivity index (χ4v) is 0. The van der Waals surface area contributed by atoms with Crippen LogP contribution in [-0.4, -0.2) is 43.8 Å². The maximum atomic E-state index is 8.59. The molecule has 0 spiro atoms. The van der Waals surface area contributed by atoms with Gasteiger partial charge in [-0.2, -0.15) is 0 Å². The zero-order valence-corrected chi connectivity index (χ0v) is 13.3. The minimum absolute atomic E-state index is 0. The van der Waals surface area contributed by atoms with E-state index in [9.17, 15) is 0 Å². The molecule has 0 aromatic heterocycles. The molecule has 0 aromatic carbocycles. The van der Waals surface area contributed by atoms with Gasteiger partial charge in [-0.05, 0) is 0 Å². The van der Waals surface area contributed by atoms with E-state index in [0.717, 1.165) is 0 Å². The van der Waals surface area contributed by atoms with Crippen LogP contribution >= 0.6 is 0 Å². The molecule has 0 fully saturated rings. The van der Waals surface area contributed by atoms with E-state index in [1.165, 1.54) is 0 Å². The summed E-state index contributed by atoms with van der Waals surface area (Å²) < 4.78 is 68.8. The van der Waals surface area contributed by atoms with Crippen LogP contribution in [0.3, 0.4) is 0 Å². The largest absolute Gasteiger partial charge is 2.00 e. The SMILES string of the molecule is O=[Se](=O)([O-])[O-].O=[Se](=O)([O-])[O-].[Se+2].[Zn+2]. The van der Waals surface area contributed by atoms with Gasteiger partial charge >= 0.3 is 95.4 Å². The molecular weight excluding hydrogens is 430 g/mol. The molecule has 12 heteroatoms. The molecule has 0 bridgehead atoms. The van der Waals surface area contributed by atoms with Crippen molar-refractivity contribution in [1.29, 1.82) is 0 Å². The van der Waals surface area contributed by atoms with Gasteiger partial charge < -0.3 is 0 Å². The van der Waals surface area contributed by atoms with Gasteiger partial charge in [-0.1, -0.05) is 0 Å². The smallest absolute Gasteiger partial charge is 2.00 e. The van der Waals surface area contributed by atoms with Crippen LogP contribution in [-0.2, 0) is 34.8 Å². The predicted molar refractivity (Wildman–Crippen MR) is 20.0 cm³/mol. The van der Waals surface area contributed by atoms with Gasteiger partial charge in [0.2, 0.25) is 0 Å². The molecule has 0 heterocycles. The fourth-order valence-electron chi connectivity index (χ4n) is 0. The van der Waals surface area contributed by atoms with Crippen molar-refractivity contribution < 1.29 is 51.6 Å². The molecule has 8 nitrogen and oxygen atoms in total. The maximum Gasteiger partial charge on any atom is 2.00 e. The molecule has 0 aliphatic heterocycles. The molecule has 12 heavy (non-hydrogen) atoms. The average molecular weight is 430 g/mol. The molecule has 0 atom stereocenters. The van der Waals surface area contributed by atoms with Crippen LogP contribution < -0.4 is 16.8 Å². The second-order valence-electron chi connectivity index (χ2n) is 0.816. The van der Waals surface area contributed by atoms with Crippen molar-refractivity contribution in [2.45, 2.75) is 0 Å². The van der Waals surface area contributed by atoms with E-state index < -0.39 is 26.7 Å². The molecule has 0 amide bonds. The molecule has 0 aliphatic carbocycles. The Morgan fingerprint density at radius 2 is 0.667 bits per heavy atom. The standard InChI is InChI=1S/2H2O4Se.Se.Zn/c2*1-5(2,3)4;;/h2*(H2,1,2,3,4);;/q;;2*+2/p-4. The van der Waals surface area contributed by atoms with Crippen molar-refractivity contribution in [3.05, 3.63) is 0 Å². The molecule has 0 aliphatic rings. The molecule has 4 radical (unpaired) electrons. The average Bonchev–Trinajstić information content (AvgIpc) is 1.12. The molecule has 0 saturated carbocycles. The normalized spacial score (nSPS) is 9.67. The van der Waals surface area contributed by atoms with Gasteiger partial charge in [-0.25, -0.2) is 0 Å². The van der Waals surface area contributed by atoms with E-state index >= 15 is 0 Å². The summed E-state index contributed by atoms with van der Waals surface area (Å²) in [7, 11) is 0. The Hall–Kier alpha value is 1.22. The number of hydrogen-bond acceptors (Lipinski definition) is 8. The third kappa shape index (κ3) is 785. The van der Waals surface area contributed by atoms with Crippen molar-refractivity contribution in [1.82, 2.24) is 0 Å². The first-order valence-electron chi connectivity index (χ1n) is 1.33. The van der Waals surface area contributed by atoms with Crippen LogP contribution in [0.25, 0.3) is 0 Å². The van der Waals surface area contributed by atoms with Crippen LogP contribution in [0.4, 0.5) is 0 Å². The first-order chi connectivity index (χ1) is 4.00. The predicted octanol–water partition coefficient (Wildman–Crippen LogP) is -6.38. The van der Waals surface area contributed by atoms with E-state index in [1.807, 2.05) is 0 Å². The van der Waals surface area contributed by atoms with Gasteiger partial charge in [0, 0.05) is 0 Å². The Morgan fingerprint density at radius 1 is 0.667 bits per heavy atom. The molecule has 0 unspecified atom stereocenters. The zero-order valence-electron chi connectivity index (χ0n) is 5.20. The van der Waals surface area contributed by atoms with Crippen molar-refractivity contribution in [3.63, 3.8) is 0 Å². The van der Waals surface area contributed by atoms with Crippen molar-refractivity contribution in [3.8, 4) is 0 Å². The van der Waals surface area contributed by atoms with E-state index in [1.54, 1.807) is 0 Å². The molecule has 0 saturated heterocycles. The first-order valence-corrected chi connectivity index (χ1v) is 6.93. The van der Waals surface area contributed by atoms with Crippen molar-refractivity contribution >= 4 is 43.8 Å². The Bertz CT molecular complexity index is 211.